The zero-order valence-electron chi connectivity index (χ0n) is 33.3. The van der Waals surface area contributed by atoms with Gasteiger partial charge in [-0.15, -0.1) is 0 Å². The zero-order chi connectivity index (χ0) is 37.5. The molecule has 0 fully saturated rings. The van der Waals surface area contributed by atoms with E-state index in [9.17, 15) is 5.53 Å². The van der Waals surface area contributed by atoms with E-state index in [1.165, 1.54) is 120 Å². The van der Waals surface area contributed by atoms with Gasteiger partial charge in [-0.3, -0.25) is 0 Å². The molecule has 5 rings (SSSR count). The Bertz CT molecular complexity index is 1630. The van der Waals surface area contributed by atoms with Crippen LogP contribution in [-0.4, -0.2) is 4.70 Å². The number of aryl methyl sites for hydroxylation is 2. The SMILES string of the molecule is CCCCCCc1ccc(C2=C(CCCCC)C(CCCCC)=C(c3ccc(CCCC)cc3)[N+]2=[N-])cc1.c1ccc([CH2][Pd][CH2]c2ccccc2)cc1. The van der Waals surface area contributed by atoms with Crippen molar-refractivity contribution >= 4 is 11.4 Å². The Morgan fingerprint density at radius 3 is 1.19 bits per heavy atom. The van der Waals surface area contributed by atoms with E-state index in [-0.39, 0.29) is 0 Å². The Kier molecular flexibility index (Phi) is 19.9. The fraction of sp³-hybridized carbons (Fsp3) is 0.440. The molecular formula is C50H66N2Pd. The molecule has 4 aromatic carbocycles. The van der Waals surface area contributed by atoms with Crippen LogP contribution in [0.3, 0.4) is 0 Å². The number of allylic oxidation sites excluding steroid dienone is 2. The Hall–Kier alpha value is -3.38. The van der Waals surface area contributed by atoms with E-state index in [1.807, 2.05) is 0 Å². The molecule has 0 N–H and O–H groups in total. The fourth-order valence-electron chi connectivity index (χ4n) is 7.01. The number of rotatable bonds is 22. The van der Waals surface area contributed by atoms with Gasteiger partial charge in [-0.25, -0.2) is 4.70 Å². The summed E-state index contributed by atoms with van der Waals surface area (Å²) < 4.78 is 1.54. The monoisotopic (exact) mass is 800 g/mol. The molecule has 0 aromatic heterocycles. The molecule has 0 radical (unpaired) electrons. The summed E-state index contributed by atoms with van der Waals surface area (Å²) in [4.78, 5) is 2.45. The standard InChI is InChI=1S/C36H52N2.2C7H7.Pd/c1-5-9-13-16-18-30-23-27-32(28-24-30)36-34(20-15-11-7-3)33(19-14-10-6-2)35(38(36)37)31-25-21-29(22-26-31)17-12-8-4;2*1-7-5-3-2-4-6-7;/h21-28H,5-20H2,1-4H3;2*2-6H,1H2;. The quantitative estimate of drug-likeness (QED) is 0.0430. The van der Waals surface area contributed by atoms with E-state index in [1.54, 1.807) is 4.70 Å². The van der Waals surface area contributed by atoms with Crippen molar-refractivity contribution in [1.82, 2.24) is 0 Å². The van der Waals surface area contributed by atoms with Crippen molar-refractivity contribution in [3.8, 4) is 0 Å². The molecule has 53 heavy (non-hydrogen) atoms. The van der Waals surface area contributed by atoms with Crippen molar-refractivity contribution < 1.29 is 22.7 Å². The summed E-state index contributed by atoms with van der Waals surface area (Å²) in [6, 6.07) is 39.5. The van der Waals surface area contributed by atoms with Crippen LogP contribution in [0.5, 0.6) is 0 Å². The van der Waals surface area contributed by atoms with Crippen molar-refractivity contribution in [2.45, 2.75) is 140 Å². The molecule has 0 unspecified atom stereocenters. The molecule has 0 bridgehead atoms. The fourth-order valence-corrected chi connectivity index (χ4v) is 8.84. The maximum absolute atomic E-state index is 11.8. The third kappa shape index (κ3) is 14.1. The number of nitrogens with zero attached hydrogens (tertiary/aromatic N) is 2. The van der Waals surface area contributed by atoms with Crippen LogP contribution < -0.4 is 0 Å². The van der Waals surface area contributed by atoms with Crippen molar-refractivity contribution in [1.29, 1.82) is 0 Å². The first kappa shape index (κ1) is 42.4. The molecule has 286 valence electrons. The van der Waals surface area contributed by atoms with Crippen LogP contribution in [-0.2, 0) is 40.6 Å². The molecule has 2 nitrogen and oxygen atoms in total. The Morgan fingerprint density at radius 1 is 0.396 bits per heavy atom. The van der Waals surface area contributed by atoms with E-state index in [2.05, 4.69) is 137 Å². The Morgan fingerprint density at radius 2 is 0.774 bits per heavy atom. The molecule has 1 heterocycles. The molecule has 0 amide bonds. The van der Waals surface area contributed by atoms with E-state index < -0.39 is 0 Å². The summed E-state index contributed by atoms with van der Waals surface area (Å²) >= 11 is 0.793. The molecule has 3 heteroatoms. The summed E-state index contributed by atoms with van der Waals surface area (Å²) in [5, 5.41) is 0. The molecule has 0 aliphatic carbocycles. The van der Waals surface area contributed by atoms with Gasteiger partial charge in [0.2, 0.25) is 11.4 Å². The van der Waals surface area contributed by atoms with Gasteiger partial charge < -0.3 is 5.53 Å². The average Bonchev–Trinajstić information content (AvgIpc) is 3.47. The summed E-state index contributed by atoms with van der Waals surface area (Å²) in [5.41, 5.74) is 24.5. The number of benzene rings is 4. The van der Waals surface area contributed by atoms with Crippen LogP contribution in [0.4, 0.5) is 0 Å². The summed E-state index contributed by atoms with van der Waals surface area (Å²) in [7, 11) is 0. The number of hydrogen-bond donors (Lipinski definition) is 0. The average molecular weight is 802 g/mol. The minimum absolute atomic E-state index is 0.793. The summed E-state index contributed by atoms with van der Waals surface area (Å²) in [5.74, 6) is 0. The van der Waals surface area contributed by atoms with E-state index in [0.29, 0.717) is 0 Å². The van der Waals surface area contributed by atoms with E-state index in [0.717, 1.165) is 66.2 Å². The van der Waals surface area contributed by atoms with Gasteiger partial charge in [0.05, 0.1) is 0 Å². The van der Waals surface area contributed by atoms with Crippen LogP contribution in [0.1, 0.15) is 151 Å². The third-order valence-electron chi connectivity index (χ3n) is 10.1. The van der Waals surface area contributed by atoms with Gasteiger partial charge in [0.25, 0.3) is 0 Å². The minimum atomic E-state index is 0.793. The van der Waals surface area contributed by atoms with Gasteiger partial charge >= 0.3 is 99.6 Å². The van der Waals surface area contributed by atoms with Crippen LogP contribution in [0.25, 0.3) is 16.9 Å². The third-order valence-corrected chi connectivity index (χ3v) is 12.2. The molecule has 0 spiro atoms. The van der Waals surface area contributed by atoms with Crippen LogP contribution in [0, 0.1) is 0 Å². The normalized spacial score (nSPS) is 12.8. The predicted molar refractivity (Wildman–Crippen MR) is 225 cm³/mol. The summed E-state index contributed by atoms with van der Waals surface area (Å²) in [6.45, 7) is 9.05. The molecule has 4 aromatic rings. The van der Waals surface area contributed by atoms with Gasteiger partial charge in [0.15, 0.2) is 0 Å². The molecule has 0 atom stereocenters. The van der Waals surface area contributed by atoms with E-state index in [4.69, 9.17) is 0 Å². The second-order valence-electron chi connectivity index (χ2n) is 14.5. The second kappa shape index (κ2) is 24.8. The van der Waals surface area contributed by atoms with Gasteiger partial charge in [0.1, 0.15) is 0 Å². The maximum atomic E-state index is 11.8. The zero-order valence-corrected chi connectivity index (χ0v) is 34.9. The predicted octanol–water partition coefficient (Wildman–Crippen LogP) is 15.0. The molecule has 1 aliphatic heterocycles. The van der Waals surface area contributed by atoms with Crippen molar-refractivity contribution in [3.05, 3.63) is 159 Å². The van der Waals surface area contributed by atoms with E-state index >= 15 is 0 Å². The topological polar surface area (TPSA) is 25.3 Å². The molecule has 0 saturated heterocycles. The summed E-state index contributed by atoms with van der Waals surface area (Å²) in [6.07, 6.45) is 19.1. The van der Waals surface area contributed by atoms with Crippen molar-refractivity contribution in [2.75, 3.05) is 0 Å². The van der Waals surface area contributed by atoms with Crippen molar-refractivity contribution in [3.63, 3.8) is 0 Å². The second-order valence-corrected chi connectivity index (χ2v) is 16.4. The molecular weight excluding hydrogens is 735 g/mol. The van der Waals surface area contributed by atoms with Gasteiger partial charge in [0, 0.05) is 22.3 Å². The van der Waals surface area contributed by atoms with Crippen LogP contribution in [0.2, 0.25) is 0 Å². The molecule has 1 aliphatic rings. The van der Waals surface area contributed by atoms with Gasteiger partial charge in [-0.05, 0) is 86.8 Å². The molecule has 0 saturated carbocycles. The number of unbranched alkanes of at least 4 members (excludes halogenated alkanes) is 8. The van der Waals surface area contributed by atoms with Crippen molar-refractivity contribution in [2.24, 2.45) is 0 Å². The number of hydrogen-bond acceptors (Lipinski definition) is 0. The van der Waals surface area contributed by atoms with Gasteiger partial charge in [-0.1, -0.05) is 103 Å². The van der Waals surface area contributed by atoms with Crippen LogP contribution in [0.15, 0.2) is 120 Å². The first-order chi connectivity index (χ1) is 26.1. The Balaban J connectivity index is 0.000000346. The van der Waals surface area contributed by atoms with Crippen LogP contribution >= 0.6 is 0 Å². The first-order valence-corrected chi connectivity index (χ1v) is 23.0. The Labute approximate surface area is 331 Å². The van der Waals surface area contributed by atoms with Gasteiger partial charge in [-0.2, -0.15) is 0 Å². The first-order valence-electron chi connectivity index (χ1n) is 20.8.